The maximum atomic E-state index is 13.3. The number of rotatable bonds is 0. The molecule has 4 heteroatoms. The lowest BCUT2D eigenvalue weighted by molar-refractivity contribution is 0.0969. The van der Waals surface area contributed by atoms with Crippen LogP contribution in [0.3, 0.4) is 0 Å². The first kappa shape index (κ1) is 7.18. The minimum absolute atomic E-state index is 0.628. The molecule has 0 amide bonds. The highest BCUT2D eigenvalue weighted by Crippen LogP contribution is 2.30. The van der Waals surface area contributed by atoms with E-state index in [1.54, 1.807) is 28.8 Å². The highest BCUT2D eigenvalue weighted by atomic mass is 32.1. The lowest BCUT2D eigenvalue weighted by Crippen LogP contribution is -2.28. The summed E-state index contributed by atoms with van der Waals surface area (Å²) in [4.78, 5) is 6.78. The molecule has 2 rings (SSSR count). The molecule has 11 heavy (non-hydrogen) atoms. The molecule has 1 aliphatic heterocycles. The van der Waals surface area contributed by atoms with Gasteiger partial charge in [0.05, 0.1) is 5.51 Å². The van der Waals surface area contributed by atoms with Crippen molar-refractivity contribution in [2.75, 3.05) is 13.6 Å². The van der Waals surface area contributed by atoms with Crippen molar-refractivity contribution in [3.63, 3.8) is 0 Å². The summed E-state index contributed by atoms with van der Waals surface area (Å²) in [5.74, 6) is 0. The SMILES string of the molecule is CN1CCc2scnc2C1F. The van der Waals surface area contributed by atoms with Crippen molar-refractivity contribution >= 4 is 11.3 Å². The van der Waals surface area contributed by atoms with E-state index in [0.717, 1.165) is 17.8 Å². The second-order valence-corrected chi connectivity index (χ2v) is 3.67. The van der Waals surface area contributed by atoms with Gasteiger partial charge in [-0.1, -0.05) is 0 Å². The second kappa shape index (κ2) is 2.53. The Morgan fingerprint density at radius 1 is 1.82 bits per heavy atom. The molecule has 0 N–H and O–H groups in total. The van der Waals surface area contributed by atoms with E-state index < -0.39 is 6.30 Å². The van der Waals surface area contributed by atoms with Crippen LogP contribution in [0.4, 0.5) is 4.39 Å². The van der Waals surface area contributed by atoms with E-state index in [4.69, 9.17) is 0 Å². The van der Waals surface area contributed by atoms with E-state index >= 15 is 0 Å². The number of thiazole rings is 1. The normalized spacial score (nSPS) is 25.1. The van der Waals surface area contributed by atoms with Crippen molar-refractivity contribution in [3.05, 3.63) is 16.1 Å². The first-order valence-corrected chi connectivity index (χ1v) is 4.43. The Morgan fingerprint density at radius 2 is 2.64 bits per heavy atom. The van der Waals surface area contributed by atoms with Crippen LogP contribution in [0.2, 0.25) is 0 Å². The van der Waals surface area contributed by atoms with Crippen LogP contribution in [-0.4, -0.2) is 23.5 Å². The fourth-order valence-electron chi connectivity index (χ4n) is 1.26. The van der Waals surface area contributed by atoms with Gasteiger partial charge in [0, 0.05) is 11.4 Å². The monoisotopic (exact) mass is 172 g/mol. The molecule has 0 saturated heterocycles. The third kappa shape index (κ3) is 1.06. The number of hydrogen-bond acceptors (Lipinski definition) is 3. The zero-order valence-electron chi connectivity index (χ0n) is 6.25. The third-order valence-corrected chi connectivity index (χ3v) is 2.89. The number of aromatic nitrogens is 1. The molecular formula is C7H9FN2S. The molecule has 0 aromatic carbocycles. The van der Waals surface area contributed by atoms with E-state index in [1.165, 1.54) is 0 Å². The van der Waals surface area contributed by atoms with Crippen LogP contribution in [-0.2, 0) is 6.42 Å². The van der Waals surface area contributed by atoms with E-state index in [0.29, 0.717) is 5.69 Å². The number of nitrogens with zero attached hydrogens (tertiary/aromatic N) is 2. The van der Waals surface area contributed by atoms with E-state index in [9.17, 15) is 4.39 Å². The fourth-order valence-corrected chi connectivity index (χ4v) is 2.03. The fraction of sp³-hybridized carbons (Fsp3) is 0.571. The minimum atomic E-state index is -0.981. The number of hydrogen-bond donors (Lipinski definition) is 0. The van der Waals surface area contributed by atoms with Crippen LogP contribution in [0.25, 0.3) is 0 Å². The number of likely N-dealkylation sites (N-methyl/N-ethyl adjacent to an activating group) is 1. The molecule has 1 aliphatic rings. The molecule has 0 bridgehead atoms. The molecule has 2 nitrogen and oxygen atoms in total. The van der Waals surface area contributed by atoms with Gasteiger partial charge in [-0.05, 0) is 13.5 Å². The van der Waals surface area contributed by atoms with Crippen LogP contribution in [0.15, 0.2) is 5.51 Å². The van der Waals surface area contributed by atoms with E-state index in [2.05, 4.69) is 4.98 Å². The topological polar surface area (TPSA) is 16.1 Å². The summed E-state index contributed by atoms with van der Waals surface area (Å²) in [6.45, 7) is 0.802. The van der Waals surface area contributed by atoms with Crippen molar-refractivity contribution in [1.82, 2.24) is 9.88 Å². The Labute approximate surface area is 68.7 Å². The summed E-state index contributed by atoms with van der Waals surface area (Å²) in [7, 11) is 1.78. The number of alkyl halides is 1. The Bertz CT molecular complexity index is 261. The number of fused-ring (bicyclic) bond motifs is 1. The predicted octanol–water partition coefficient (Wildman–Crippen LogP) is 1.60. The van der Waals surface area contributed by atoms with Crippen LogP contribution < -0.4 is 0 Å². The van der Waals surface area contributed by atoms with Crippen molar-refractivity contribution in [1.29, 1.82) is 0 Å². The summed E-state index contributed by atoms with van der Waals surface area (Å²) in [6.07, 6.45) is -0.0401. The minimum Gasteiger partial charge on any atom is -0.272 e. The van der Waals surface area contributed by atoms with Crippen molar-refractivity contribution in [2.24, 2.45) is 0 Å². The molecular weight excluding hydrogens is 163 g/mol. The van der Waals surface area contributed by atoms with E-state index in [-0.39, 0.29) is 0 Å². The summed E-state index contributed by atoms with van der Waals surface area (Å²) in [6, 6.07) is 0. The van der Waals surface area contributed by atoms with Gasteiger partial charge in [0.2, 0.25) is 0 Å². The Morgan fingerprint density at radius 3 is 3.45 bits per heavy atom. The van der Waals surface area contributed by atoms with Gasteiger partial charge in [-0.2, -0.15) is 0 Å². The van der Waals surface area contributed by atoms with Gasteiger partial charge in [0.1, 0.15) is 5.69 Å². The van der Waals surface area contributed by atoms with Crippen LogP contribution in [0.5, 0.6) is 0 Å². The highest BCUT2D eigenvalue weighted by molar-refractivity contribution is 7.09. The summed E-state index contributed by atoms with van der Waals surface area (Å²) < 4.78 is 13.3. The standard InChI is InChI=1S/C7H9FN2S/c1-10-3-2-5-6(7(10)8)9-4-11-5/h4,7H,2-3H2,1H3. The van der Waals surface area contributed by atoms with E-state index in [1.807, 2.05) is 0 Å². The van der Waals surface area contributed by atoms with Gasteiger partial charge in [0.25, 0.3) is 0 Å². The first-order chi connectivity index (χ1) is 5.29. The van der Waals surface area contributed by atoms with Crippen LogP contribution in [0.1, 0.15) is 16.9 Å². The quantitative estimate of drug-likeness (QED) is 0.552. The van der Waals surface area contributed by atoms with Crippen LogP contribution >= 0.6 is 11.3 Å². The van der Waals surface area contributed by atoms with Gasteiger partial charge in [0.15, 0.2) is 6.30 Å². The Hall–Kier alpha value is -0.480. The molecule has 1 aromatic rings. The van der Waals surface area contributed by atoms with Crippen molar-refractivity contribution in [3.8, 4) is 0 Å². The molecule has 0 aliphatic carbocycles. The average Bonchev–Trinajstić information content (AvgIpc) is 2.45. The molecule has 60 valence electrons. The summed E-state index contributed by atoms with van der Waals surface area (Å²) in [5, 5.41) is 0. The molecule has 1 unspecified atom stereocenters. The van der Waals surface area contributed by atoms with Crippen molar-refractivity contribution < 1.29 is 4.39 Å². The molecule has 1 aromatic heterocycles. The van der Waals surface area contributed by atoms with Gasteiger partial charge in [-0.25, -0.2) is 9.37 Å². The molecule has 2 heterocycles. The van der Waals surface area contributed by atoms with Gasteiger partial charge >= 0.3 is 0 Å². The van der Waals surface area contributed by atoms with Gasteiger partial charge < -0.3 is 0 Å². The predicted molar refractivity (Wildman–Crippen MR) is 42.3 cm³/mol. The summed E-state index contributed by atoms with van der Waals surface area (Å²) >= 11 is 1.55. The molecule has 0 saturated carbocycles. The maximum absolute atomic E-state index is 13.3. The second-order valence-electron chi connectivity index (χ2n) is 2.73. The first-order valence-electron chi connectivity index (χ1n) is 3.55. The number of halogens is 1. The molecule has 1 atom stereocenters. The zero-order chi connectivity index (χ0) is 7.84. The highest BCUT2D eigenvalue weighted by Gasteiger charge is 2.26. The van der Waals surface area contributed by atoms with Crippen molar-refractivity contribution in [2.45, 2.75) is 12.7 Å². The lowest BCUT2D eigenvalue weighted by Gasteiger charge is -2.25. The Balaban J connectivity index is 2.38. The van der Waals surface area contributed by atoms with Gasteiger partial charge in [-0.15, -0.1) is 11.3 Å². The van der Waals surface area contributed by atoms with Gasteiger partial charge in [-0.3, -0.25) is 4.90 Å². The zero-order valence-corrected chi connectivity index (χ0v) is 7.07. The summed E-state index contributed by atoms with van der Waals surface area (Å²) in [5.41, 5.74) is 2.35. The average molecular weight is 172 g/mol. The maximum Gasteiger partial charge on any atom is 0.197 e. The smallest absolute Gasteiger partial charge is 0.197 e. The largest absolute Gasteiger partial charge is 0.272 e. The lowest BCUT2D eigenvalue weighted by atomic mass is 10.2. The van der Waals surface area contributed by atoms with Crippen LogP contribution in [0, 0.1) is 0 Å². The Kier molecular flexibility index (Phi) is 1.65. The molecule has 0 radical (unpaired) electrons. The third-order valence-electron chi connectivity index (χ3n) is 1.98. The molecule has 0 fully saturated rings. The molecule has 0 spiro atoms.